The van der Waals surface area contributed by atoms with Crippen LogP contribution in [0.15, 0.2) is 30.3 Å². The summed E-state index contributed by atoms with van der Waals surface area (Å²) in [5.74, 6) is -0.299. The number of carbonyl (C=O) groups is 2. The molecule has 1 atom stereocenters. The van der Waals surface area contributed by atoms with Crippen molar-refractivity contribution < 1.29 is 14.3 Å². The second kappa shape index (κ2) is 5.67. The minimum atomic E-state index is -0.218. The first-order valence-electron chi connectivity index (χ1n) is 6.10. The minimum Gasteiger partial charge on any atom is -0.469 e. The van der Waals surface area contributed by atoms with E-state index < -0.39 is 0 Å². The predicted molar refractivity (Wildman–Crippen MR) is 66.8 cm³/mol. The number of benzene rings is 1. The molecule has 0 spiro atoms. The molecule has 0 aliphatic carbocycles. The highest BCUT2D eigenvalue weighted by molar-refractivity contribution is 5.81. The summed E-state index contributed by atoms with van der Waals surface area (Å²) in [6, 6.07) is 9.64. The van der Waals surface area contributed by atoms with E-state index in [1.807, 2.05) is 30.3 Å². The highest BCUT2D eigenvalue weighted by atomic mass is 16.5. The normalized spacial score (nSPS) is 18.7. The van der Waals surface area contributed by atoms with Crippen molar-refractivity contribution >= 4 is 11.9 Å². The molecule has 0 saturated carbocycles. The number of ether oxygens (including phenoxy) is 1. The van der Waals surface area contributed by atoms with E-state index in [4.69, 9.17) is 4.74 Å². The van der Waals surface area contributed by atoms with Crippen molar-refractivity contribution in [1.82, 2.24) is 4.90 Å². The van der Waals surface area contributed by atoms with Crippen LogP contribution >= 0.6 is 0 Å². The van der Waals surface area contributed by atoms with Gasteiger partial charge in [-0.05, 0) is 12.0 Å². The van der Waals surface area contributed by atoms with Crippen molar-refractivity contribution in [1.29, 1.82) is 0 Å². The molecular weight excluding hydrogens is 230 g/mol. The van der Waals surface area contributed by atoms with Gasteiger partial charge in [0.15, 0.2) is 0 Å². The van der Waals surface area contributed by atoms with Gasteiger partial charge in [0.1, 0.15) is 0 Å². The average molecular weight is 247 g/mol. The third-order valence-electron chi connectivity index (χ3n) is 3.27. The fourth-order valence-electron chi connectivity index (χ4n) is 2.23. The molecule has 2 rings (SSSR count). The Morgan fingerprint density at radius 1 is 1.33 bits per heavy atom. The molecule has 0 radical (unpaired) electrons. The smallest absolute Gasteiger partial charge is 0.310 e. The van der Waals surface area contributed by atoms with Crippen LogP contribution in [-0.2, 0) is 20.7 Å². The van der Waals surface area contributed by atoms with E-state index in [1.165, 1.54) is 7.11 Å². The standard InChI is InChI=1S/C14H17NO3/c1-18-14(17)12-7-8-15(10-12)13(16)9-11-5-3-2-4-6-11/h2-6,12H,7-10H2,1H3. The molecule has 1 amide bonds. The number of carbonyl (C=O) groups excluding carboxylic acids is 2. The molecule has 4 heteroatoms. The number of methoxy groups -OCH3 is 1. The molecule has 96 valence electrons. The van der Waals surface area contributed by atoms with Crippen LogP contribution < -0.4 is 0 Å². The number of esters is 1. The van der Waals surface area contributed by atoms with Gasteiger partial charge in [0.05, 0.1) is 19.4 Å². The van der Waals surface area contributed by atoms with Gasteiger partial charge < -0.3 is 9.64 Å². The van der Waals surface area contributed by atoms with Crippen LogP contribution in [0.25, 0.3) is 0 Å². The molecule has 1 aromatic carbocycles. The Labute approximate surface area is 107 Å². The Kier molecular flexibility index (Phi) is 3.97. The Balaban J connectivity index is 1.90. The van der Waals surface area contributed by atoms with Crippen molar-refractivity contribution in [2.24, 2.45) is 5.92 Å². The molecule has 1 aromatic rings. The first-order valence-corrected chi connectivity index (χ1v) is 6.10. The first-order chi connectivity index (χ1) is 8.70. The largest absolute Gasteiger partial charge is 0.469 e. The number of nitrogens with zero attached hydrogens (tertiary/aromatic N) is 1. The molecule has 4 nitrogen and oxygen atoms in total. The molecular formula is C14H17NO3. The maximum atomic E-state index is 12.0. The summed E-state index contributed by atoms with van der Waals surface area (Å²) in [5, 5.41) is 0. The van der Waals surface area contributed by atoms with Crippen molar-refractivity contribution in [2.45, 2.75) is 12.8 Å². The summed E-state index contributed by atoms with van der Waals surface area (Å²) >= 11 is 0. The fourth-order valence-corrected chi connectivity index (χ4v) is 2.23. The molecule has 0 bridgehead atoms. The predicted octanol–water partition coefficient (Wildman–Crippen LogP) is 1.25. The topological polar surface area (TPSA) is 46.6 Å². The van der Waals surface area contributed by atoms with Crippen LogP contribution in [0.4, 0.5) is 0 Å². The highest BCUT2D eigenvalue weighted by Gasteiger charge is 2.31. The van der Waals surface area contributed by atoms with Crippen LogP contribution in [0.5, 0.6) is 0 Å². The van der Waals surface area contributed by atoms with E-state index in [9.17, 15) is 9.59 Å². The number of rotatable bonds is 3. The van der Waals surface area contributed by atoms with E-state index in [-0.39, 0.29) is 17.8 Å². The van der Waals surface area contributed by atoms with Gasteiger partial charge in [0.25, 0.3) is 0 Å². The lowest BCUT2D eigenvalue weighted by Crippen LogP contribution is -2.31. The molecule has 1 aliphatic heterocycles. The molecule has 1 fully saturated rings. The van der Waals surface area contributed by atoms with Crippen LogP contribution in [0.1, 0.15) is 12.0 Å². The van der Waals surface area contributed by atoms with Crippen molar-refractivity contribution in [3.63, 3.8) is 0 Å². The number of hydrogen-bond donors (Lipinski definition) is 0. The maximum absolute atomic E-state index is 12.0. The van der Waals surface area contributed by atoms with Crippen LogP contribution in [0, 0.1) is 5.92 Å². The van der Waals surface area contributed by atoms with Crippen LogP contribution in [0.2, 0.25) is 0 Å². The third kappa shape index (κ3) is 2.88. The number of likely N-dealkylation sites (tertiary alicyclic amines) is 1. The SMILES string of the molecule is COC(=O)C1CCN(C(=O)Cc2ccccc2)C1. The minimum absolute atomic E-state index is 0.0765. The second-order valence-electron chi connectivity index (χ2n) is 4.51. The molecule has 18 heavy (non-hydrogen) atoms. The summed E-state index contributed by atoms with van der Waals surface area (Å²) in [6.07, 6.45) is 1.10. The van der Waals surface area contributed by atoms with Gasteiger partial charge in [-0.25, -0.2) is 0 Å². The van der Waals surface area contributed by atoms with Crippen LogP contribution in [-0.4, -0.2) is 37.0 Å². The number of hydrogen-bond acceptors (Lipinski definition) is 3. The average Bonchev–Trinajstić information content (AvgIpc) is 2.88. The summed E-state index contributed by atoms with van der Waals surface area (Å²) < 4.78 is 4.70. The van der Waals surface area contributed by atoms with E-state index in [1.54, 1.807) is 4.90 Å². The van der Waals surface area contributed by atoms with Crippen molar-refractivity contribution in [3.8, 4) is 0 Å². The Morgan fingerprint density at radius 3 is 2.72 bits per heavy atom. The quantitative estimate of drug-likeness (QED) is 0.755. The molecule has 1 aliphatic rings. The van der Waals surface area contributed by atoms with Gasteiger partial charge in [0.2, 0.25) is 5.91 Å². The molecule has 0 N–H and O–H groups in total. The molecule has 1 unspecified atom stereocenters. The third-order valence-corrected chi connectivity index (χ3v) is 3.27. The first kappa shape index (κ1) is 12.6. The molecule has 1 heterocycles. The van der Waals surface area contributed by atoms with Crippen molar-refractivity contribution in [3.05, 3.63) is 35.9 Å². The molecule has 0 aromatic heterocycles. The van der Waals surface area contributed by atoms with E-state index in [0.717, 1.165) is 5.56 Å². The Hall–Kier alpha value is -1.84. The fraction of sp³-hybridized carbons (Fsp3) is 0.429. The van der Waals surface area contributed by atoms with Gasteiger partial charge in [-0.15, -0.1) is 0 Å². The van der Waals surface area contributed by atoms with Gasteiger partial charge in [-0.1, -0.05) is 30.3 Å². The number of amides is 1. The second-order valence-corrected chi connectivity index (χ2v) is 4.51. The van der Waals surface area contributed by atoms with E-state index in [2.05, 4.69) is 0 Å². The Morgan fingerprint density at radius 2 is 2.06 bits per heavy atom. The lowest BCUT2D eigenvalue weighted by atomic mass is 10.1. The van der Waals surface area contributed by atoms with Gasteiger partial charge in [-0.2, -0.15) is 0 Å². The highest BCUT2D eigenvalue weighted by Crippen LogP contribution is 2.18. The monoisotopic (exact) mass is 247 g/mol. The van der Waals surface area contributed by atoms with E-state index in [0.29, 0.717) is 25.9 Å². The summed E-state index contributed by atoms with van der Waals surface area (Å²) in [5.41, 5.74) is 1.00. The van der Waals surface area contributed by atoms with Gasteiger partial charge >= 0.3 is 5.97 Å². The van der Waals surface area contributed by atoms with Gasteiger partial charge in [0, 0.05) is 13.1 Å². The maximum Gasteiger partial charge on any atom is 0.310 e. The summed E-state index contributed by atoms with van der Waals surface area (Å²) in [7, 11) is 1.39. The molecule has 1 saturated heterocycles. The summed E-state index contributed by atoms with van der Waals surface area (Å²) in [4.78, 5) is 25.2. The zero-order chi connectivity index (χ0) is 13.0. The van der Waals surface area contributed by atoms with Gasteiger partial charge in [-0.3, -0.25) is 9.59 Å². The Bertz CT molecular complexity index is 430. The van der Waals surface area contributed by atoms with Crippen LogP contribution in [0.3, 0.4) is 0 Å². The zero-order valence-corrected chi connectivity index (χ0v) is 10.5. The summed E-state index contributed by atoms with van der Waals surface area (Å²) in [6.45, 7) is 1.13. The lowest BCUT2D eigenvalue weighted by Gasteiger charge is -2.16. The van der Waals surface area contributed by atoms with E-state index >= 15 is 0 Å². The zero-order valence-electron chi connectivity index (χ0n) is 10.5. The lowest BCUT2D eigenvalue weighted by molar-refractivity contribution is -0.145. The van der Waals surface area contributed by atoms with Crippen molar-refractivity contribution in [2.75, 3.05) is 20.2 Å².